The molecule has 10 nitrogen and oxygen atoms in total. The molecule has 0 saturated heterocycles. The maximum atomic E-state index is 5.66. The Bertz CT molecular complexity index is 5620. The van der Waals surface area contributed by atoms with Gasteiger partial charge < -0.3 is 9.13 Å². The predicted molar refractivity (Wildman–Crippen MR) is 397 cm³/mol. The first-order chi connectivity index (χ1) is 48.6. The molecular formula is C88H56N10. The van der Waals surface area contributed by atoms with E-state index in [1.54, 1.807) is 0 Å². The van der Waals surface area contributed by atoms with Gasteiger partial charge in [0.25, 0.3) is 0 Å². The molecule has 98 heavy (non-hydrogen) atoms. The van der Waals surface area contributed by atoms with Crippen molar-refractivity contribution < 1.29 is 0 Å². The molecule has 0 spiro atoms. The topological polar surface area (TPSA) is 113 Å². The molecule has 0 radical (unpaired) electrons. The molecule has 0 aliphatic heterocycles. The maximum Gasteiger partial charge on any atom is 0.166 e. The maximum absolute atomic E-state index is 5.66. The second-order valence-electron chi connectivity index (χ2n) is 24.3. The van der Waals surface area contributed by atoms with Crippen LogP contribution in [-0.4, -0.2) is 49.0 Å². The number of hydrogen-bond acceptors (Lipinski definition) is 8. The molecule has 0 saturated carbocycles. The summed E-state index contributed by atoms with van der Waals surface area (Å²) >= 11 is 0. The van der Waals surface area contributed by atoms with Gasteiger partial charge in [-0.15, -0.1) is 0 Å². The van der Waals surface area contributed by atoms with Crippen molar-refractivity contribution in [1.82, 2.24) is 49.0 Å². The number of nitrogens with zero attached hydrogens (tertiary/aromatic N) is 10. The third kappa shape index (κ3) is 10.5. The van der Waals surface area contributed by atoms with Crippen LogP contribution in [0.2, 0.25) is 0 Å². The van der Waals surface area contributed by atoms with Crippen molar-refractivity contribution in [3.63, 3.8) is 0 Å². The largest absolute Gasteiger partial charge is 0.309 e. The fourth-order valence-electron chi connectivity index (χ4n) is 13.6. The Morgan fingerprint density at radius 2 is 0.500 bits per heavy atom. The highest BCUT2D eigenvalue weighted by atomic mass is 15.1. The number of rotatable bonds is 13. The number of pyridine rings is 2. The normalized spacial score (nSPS) is 11.5. The molecule has 0 aliphatic rings. The Morgan fingerprint density at radius 1 is 0.173 bits per heavy atom. The van der Waals surface area contributed by atoms with Gasteiger partial charge in [-0.1, -0.05) is 273 Å². The zero-order valence-electron chi connectivity index (χ0n) is 52.8. The molecule has 0 unspecified atom stereocenters. The Labute approximate surface area is 564 Å². The van der Waals surface area contributed by atoms with Crippen LogP contribution in [0.3, 0.4) is 0 Å². The van der Waals surface area contributed by atoms with Crippen LogP contribution in [0.5, 0.6) is 0 Å². The molecule has 0 aliphatic carbocycles. The lowest BCUT2D eigenvalue weighted by Gasteiger charge is -2.21. The Hall–Kier alpha value is -13.4. The van der Waals surface area contributed by atoms with E-state index in [-0.39, 0.29) is 0 Å². The molecule has 0 N–H and O–H groups in total. The predicted octanol–water partition coefficient (Wildman–Crippen LogP) is 21.4. The van der Waals surface area contributed by atoms with E-state index in [9.17, 15) is 0 Å². The minimum Gasteiger partial charge on any atom is -0.309 e. The van der Waals surface area contributed by atoms with Crippen LogP contribution in [-0.2, 0) is 0 Å². The summed E-state index contributed by atoms with van der Waals surface area (Å²) in [5.41, 5.74) is 19.7. The molecule has 0 amide bonds. The van der Waals surface area contributed by atoms with Gasteiger partial charge in [0, 0.05) is 82.9 Å². The molecule has 6 aromatic heterocycles. The third-order valence-electron chi connectivity index (χ3n) is 18.2. The van der Waals surface area contributed by atoms with Gasteiger partial charge in [-0.2, -0.15) is 0 Å². The van der Waals surface area contributed by atoms with Gasteiger partial charge in [0.1, 0.15) is 0 Å². The Balaban J connectivity index is 1.01. The minimum atomic E-state index is 0.439. The van der Waals surface area contributed by atoms with E-state index in [1.807, 2.05) is 84.9 Å². The Morgan fingerprint density at radius 3 is 0.918 bits per heavy atom. The highest BCUT2D eigenvalue weighted by Crippen LogP contribution is 2.46. The fourth-order valence-corrected chi connectivity index (χ4v) is 13.6. The van der Waals surface area contributed by atoms with Crippen molar-refractivity contribution in [1.29, 1.82) is 0 Å². The highest BCUT2D eigenvalue weighted by molar-refractivity contribution is 6.13. The van der Waals surface area contributed by atoms with Gasteiger partial charge >= 0.3 is 0 Å². The van der Waals surface area contributed by atoms with Crippen LogP contribution >= 0.6 is 0 Å². The molecule has 12 aromatic carbocycles. The molecule has 18 aromatic rings. The highest BCUT2D eigenvalue weighted by Gasteiger charge is 2.28. The average molecular weight is 1250 g/mol. The van der Waals surface area contributed by atoms with E-state index >= 15 is 0 Å². The number of para-hydroxylation sites is 1. The lowest BCUT2D eigenvalue weighted by molar-refractivity contribution is 1.05. The second kappa shape index (κ2) is 24.5. The summed E-state index contributed by atoms with van der Waals surface area (Å²) in [4.78, 5) is 43.9. The standard InChI is InChI=1S/C88H56N10/c1-8-26-57(27-9-1)64-48-51-79-71(52-64)68-40-22-23-45-78(68)98(79)82-72(87-93-83(60-32-14-4-15-33-60)91-84(94-87)61-34-16-5-17-35-61)55-67(56-73(82)88-95-85(62-36-18-6-19-37-62)92-86(96-88)63-38-20-7-21-39-63)97-80-53-65(76-43-24-41-74(89-76)58-28-10-2-11-29-58)46-49-69(80)70-50-47-66(54-81(70)97)77-44-25-42-75(90-77)59-30-12-3-13-31-59/h1-56H. The number of fused-ring (bicyclic) bond motifs is 6. The summed E-state index contributed by atoms with van der Waals surface area (Å²) in [6, 6.07) is 118. The number of hydrogen-bond donors (Lipinski definition) is 0. The summed E-state index contributed by atoms with van der Waals surface area (Å²) in [6.07, 6.45) is 0. The summed E-state index contributed by atoms with van der Waals surface area (Å²) in [5.74, 6) is 2.94. The van der Waals surface area contributed by atoms with Crippen LogP contribution in [0.25, 0.3) is 179 Å². The van der Waals surface area contributed by atoms with Crippen molar-refractivity contribution in [2.75, 3.05) is 0 Å². The SMILES string of the molecule is c1ccc(-c2ccc3c(c2)c2ccccc2n3-c2c(-c3nc(-c4ccccc4)nc(-c4ccccc4)n3)cc(-n3c4cc(-c5cccc(-c6ccccc6)n5)ccc4c4ccc(-c5cccc(-c6ccccc6)n5)cc43)cc2-c2nc(-c3ccccc3)nc(-c3ccccc3)n2)cc1. The molecule has 0 bridgehead atoms. The van der Waals surface area contributed by atoms with Crippen LogP contribution < -0.4 is 0 Å². The molecule has 10 heteroatoms. The minimum absolute atomic E-state index is 0.439. The van der Waals surface area contributed by atoms with Crippen LogP contribution in [0.15, 0.2) is 340 Å². The summed E-state index contributed by atoms with van der Waals surface area (Å²) < 4.78 is 4.75. The molecule has 18 rings (SSSR count). The van der Waals surface area contributed by atoms with Crippen molar-refractivity contribution in [2.45, 2.75) is 0 Å². The third-order valence-corrected chi connectivity index (χ3v) is 18.2. The van der Waals surface area contributed by atoms with E-state index in [0.29, 0.717) is 46.1 Å². The average Bonchev–Trinajstić information content (AvgIpc) is 1.52. The van der Waals surface area contributed by atoms with Crippen LogP contribution in [0.4, 0.5) is 0 Å². The molecule has 0 fully saturated rings. The van der Waals surface area contributed by atoms with Crippen molar-refractivity contribution in [3.8, 4) is 136 Å². The van der Waals surface area contributed by atoms with Crippen molar-refractivity contribution in [2.24, 2.45) is 0 Å². The van der Waals surface area contributed by atoms with Crippen molar-refractivity contribution in [3.05, 3.63) is 340 Å². The molecule has 0 atom stereocenters. The zero-order chi connectivity index (χ0) is 64.9. The molecule has 458 valence electrons. The summed E-state index contributed by atoms with van der Waals surface area (Å²) in [7, 11) is 0. The Kier molecular flexibility index (Phi) is 14.3. The molecular weight excluding hydrogens is 1200 g/mol. The first kappa shape index (κ1) is 57.2. The smallest absolute Gasteiger partial charge is 0.166 e. The van der Waals surface area contributed by atoms with Gasteiger partial charge in [0.05, 0.1) is 50.5 Å². The second-order valence-corrected chi connectivity index (χ2v) is 24.3. The van der Waals surface area contributed by atoms with Crippen LogP contribution in [0, 0.1) is 0 Å². The number of benzene rings is 12. The first-order valence-electron chi connectivity index (χ1n) is 32.7. The summed E-state index contributed by atoms with van der Waals surface area (Å²) in [6.45, 7) is 0. The zero-order valence-corrected chi connectivity index (χ0v) is 52.8. The fraction of sp³-hybridized carbons (Fsp3) is 0. The quantitative estimate of drug-likeness (QED) is 0.112. The summed E-state index contributed by atoms with van der Waals surface area (Å²) in [5, 5.41) is 4.21. The van der Waals surface area contributed by atoms with Gasteiger partial charge in [0.2, 0.25) is 0 Å². The van der Waals surface area contributed by atoms with Gasteiger partial charge in [0.15, 0.2) is 34.9 Å². The first-order valence-corrected chi connectivity index (χ1v) is 32.7. The monoisotopic (exact) mass is 1250 g/mol. The number of aromatic nitrogens is 10. The van der Waals surface area contributed by atoms with Gasteiger partial charge in [-0.05, 0) is 77.9 Å². The lowest BCUT2D eigenvalue weighted by Crippen LogP contribution is -2.09. The van der Waals surface area contributed by atoms with E-state index in [4.69, 9.17) is 39.9 Å². The van der Waals surface area contributed by atoms with E-state index in [0.717, 1.165) is 133 Å². The van der Waals surface area contributed by atoms with Gasteiger partial charge in [-0.25, -0.2) is 39.9 Å². The van der Waals surface area contributed by atoms with Crippen molar-refractivity contribution >= 4 is 43.6 Å². The lowest BCUT2D eigenvalue weighted by atomic mass is 10.0. The van der Waals surface area contributed by atoms with E-state index in [2.05, 4.69) is 264 Å². The molecule has 6 heterocycles. The van der Waals surface area contributed by atoms with E-state index < -0.39 is 0 Å². The van der Waals surface area contributed by atoms with Gasteiger partial charge in [-0.3, -0.25) is 0 Å². The van der Waals surface area contributed by atoms with E-state index in [1.165, 1.54) is 0 Å². The van der Waals surface area contributed by atoms with Crippen LogP contribution in [0.1, 0.15) is 0 Å².